The molecule has 0 amide bonds. The van der Waals surface area contributed by atoms with E-state index in [0.717, 1.165) is 10.1 Å². The van der Waals surface area contributed by atoms with E-state index < -0.39 is 0 Å². The fourth-order valence-corrected chi connectivity index (χ4v) is 3.78. The molecule has 0 saturated heterocycles. The molecular formula is C11H14ClN3OS2. The van der Waals surface area contributed by atoms with Crippen LogP contribution < -0.4 is 5.56 Å². The second kappa shape index (κ2) is 6.54. The molecule has 4 nitrogen and oxygen atoms in total. The van der Waals surface area contributed by atoms with Gasteiger partial charge in [-0.05, 0) is 6.42 Å². The average Bonchev–Trinajstić information content (AvgIpc) is 2.72. The molecule has 2 aromatic heterocycles. The minimum atomic E-state index is -0.317. The molecule has 0 aliphatic carbocycles. The molecule has 2 aromatic rings. The summed E-state index contributed by atoms with van der Waals surface area (Å²) in [6.07, 6.45) is 4.97. The second-order valence-corrected chi connectivity index (χ2v) is 6.57. The molecule has 98 valence electrons. The van der Waals surface area contributed by atoms with Crippen LogP contribution in [0.2, 0.25) is 5.15 Å². The Morgan fingerprint density at radius 2 is 2.28 bits per heavy atom. The van der Waals surface area contributed by atoms with Crippen LogP contribution in [0.25, 0.3) is 4.96 Å². The zero-order chi connectivity index (χ0) is 13.0. The molecule has 7 heteroatoms. The SMILES string of the molecule is CCCCCCSc1nn2c(Cl)cc(=O)nc2s1. The summed E-state index contributed by atoms with van der Waals surface area (Å²) in [5.74, 6) is 1.04. The van der Waals surface area contributed by atoms with Crippen LogP contribution in [0.5, 0.6) is 0 Å². The van der Waals surface area contributed by atoms with Gasteiger partial charge in [0.25, 0.3) is 5.56 Å². The molecule has 18 heavy (non-hydrogen) atoms. The topological polar surface area (TPSA) is 47.3 Å². The molecule has 0 aliphatic rings. The molecule has 0 saturated carbocycles. The first kappa shape index (κ1) is 13.8. The third kappa shape index (κ3) is 3.46. The monoisotopic (exact) mass is 303 g/mol. The summed E-state index contributed by atoms with van der Waals surface area (Å²) in [5, 5.41) is 4.65. The van der Waals surface area contributed by atoms with Crippen LogP contribution >= 0.6 is 34.7 Å². The van der Waals surface area contributed by atoms with E-state index in [9.17, 15) is 4.79 Å². The van der Waals surface area contributed by atoms with E-state index in [1.165, 1.54) is 47.6 Å². The molecule has 2 heterocycles. The van der Waals surface area contributed by atoms with Crippen molar-refractivity contribution in [3.8, 4) is 0 Å². The molecule has 0 aliphatic heterocycles. The molecule has 0 fully saturated rings. The Hall–Kier alpha value is -0.590. The molecule has 0 N–H and O–H groups in total. The van der Waals surface area contributed by atoms with Gasteiger partial charge in [0, 0.05) is 11.8 Å². The van der Waals surface area contributed by atoms with Crippen molar-refractivity contribution in [3.05, 3.63) is 21.6 Å². The average molecular weight is 304 g/mol. The first-order chi connectivity index (χ1) is 8.70. The Morgan fingerprint density at radius 1 is 1.44 bits per heavy atom. The molecule has 0 bridgehead atoms. The summed E-state index contributed by atoms with van der Waals surface area (Å²) in [6.45, 7) is 2.20. The predicted octanol–water partition coefficient (Wildman–Crippen LogP) is 3.48. The number of hydrogen-bond donors (Lipinski definition) is 0. The number of nitrogens with zero attached hydrogens (tertiary/aromatic N) is 3. The number of aromatic nitrogens is 3. The number of unbranched alkanes of at least 4 members (excludes halogenated alkanes) is 3. The highest BCUT2D eigenvalue weighted by molar-refractivity contribution is 8.01. The Labute approximate surface area is 118 Å². The van der Waals surface area contributed by atoms with Crippen LogP contribution in [0.3, 0.4) is 0 Å². The molecule has 0 spiro atoms. The van der Waals surface area contributed by atoms with Gasteiger partial charge >= 0.3 is 0 Å². The summed E-state index contributed by atoms with van der Waals surface area (Å²) in [4.78, 5) is 15.6. The zero-order valence-electron chi connectivity index (χ0n) is 10.1. The molecule has 0 unspecified atom stereocenters. The van der Waals surface area contributed by atoms with E-state index >= 15 is 0 Å². The van der Waals surface area contributed by atoms with Crippen molar-refractivity contribution in [3.63, 3.8) is 0 Å². The lowest BCUT2D eigenvalue weighted by atomic mass is 10.2. The van der Waals surface area contributed by atoms with Crippen molar-refractivity contribution < 1.29 is 0 Å². The number of fused-ring (bicyclic) bond motifs is 1. The first-order valence-corrected chi connectivity index (χ1v) is 8.08. The predicted molar refractivity (Wildman–Crippen MR) is 77.0 cm³/mol. The van der Waals surface area contributed by atoms with Gasteiger partial charge in [0.15, 0.2) is 4.34 Å². The number of hydrogen-bond acceptors (Lipinski definition) is 5. The van der Waals surface area contributed by atoms with Gasteiger partial charge in [0.05, 0.1) is 0 Å². The van der Waals surface area contributed by atoms with Crippen molar-refractivity contribution in [1.29, 1.82) is 0 Å². The van der Waals surface area contributed by atoms with Gasteiger partial charge in [-0.2, -0.15) is 9.50 Å². The number of halogens is 1. The first-order valence-electron chi connectivity index (χ1n) is 5.90. The standard InChI is InChI=1S/C11H14ClN3OS2/c1-2-3-4-5-6-17-11-14-15-8(12)7-9(16)13-10(15)18-11/h7H,2-6H2,1H3. The van der Waals surface area contributed by atoms with E-state index in [1.54, 1.807) is 11.8 Å². The second-order valence-electron chi connectivity index (χ2n) is 3.89. The maximum absolute atomic E-state index is 11.2. The van der Waals surface area contributed by atoms with Crippen molar-refractivity contribution in [2.75, 3.05) is 5.75 Å². The van der Waals surface area contributed by atoms with Crippen LogP contribution in [0.4, 0.5) is 0 Å². The summed E-state index contributed by atoms with van der Waals surface area (Å²) in [5.41, 5.74) is -0.317. The van der Waals surface area contributed by atoms with Gasteiger partial charge in [-0.3, -0.25) is 4.79 Å². The summed E-state index contributed by atoms with van der Waals surface area (Å²) in [6, 6.07) is 1.28. The molecule has 0 aromatic carbocycles. The van der Waals surface area contributed by atoms with Crippen molar-refractivity contribution in [2.24, 2.45) is 0 Å². The van der Waals surface area contributed by atoms with Crippen molar-refractivity contribution in [2.45, 2.75) is 36.9 Å². The fourth-order valence-electron chi connectivity index (χ4n) is 1.51. The largest absolute Gasteiger partial charge is 0.275 e. The van der Waals surface area contributed by atoms with Gasteiger partial charge in [-0.25, -0.2) is 0 Å². The van der Waals surface area contributed by atoms with E-state index in [2.05, 4.69) is 17.0 Å². The number of thioether (sulfide) groups is 1. The minimum absolute atomic E-state index is 0.317. The maximum Gasteiger partial charge on any atom is 0.275 e. The third-order valence-corrected chi connectivity index (χ3v) is 4.81. The van der Waals surface area contributed by atoms with E-state index in [4.69, 9.17) is 11.6 Å². The fraction of sp³-hybridized carbons (Fsp3) is 0.545. The Bertz CT molecular complexity index is 581. The van der Waals surface area contributed by atoms with Crippen molar-refractivity contribution in [1.82, 2.24) is 14.6 Å². The lowest BCUT2D eigenvalue weighted by Crippen LogP contribution is -2.06. The normalized spacial score (nSPS) is 11.2. The maximum atomic E-state index is 11.2. The highest BCUT2D eigenvalue weighted by atomic mass is 35.5. The van der Waals surface area contributed by atoms with E-state index in [0.29, 0.717) is 10.1 Å². The Kier molecular flexibility index (Phi) is 5.03. The van der Waals surface area contributed by atoms with Crippen LogP contribution in [-0.4, -0.2) is 20.4 Å². The van der Waals surface area contributed by atoms with Gasteiger partial charge in [0.1, 0.15) is 5.15 Å². The smallest absolute Gasteiger partial charge is 0.267 e. The molecule has 0 atom stereocenters. The highest BCUT2D eigenvalue weighted by Gasteiger charge is 2.08. The molecular weight excluding hydrogens is 290 g/mol. The Balaban J connectivity index is 2.02. The van der Waals surface area contributed by atoms with Crippen molar-refractivity contribution >= 4 is 39.7 Å². The zero-order valence-corrected chi connectivity index (χ0v) is 12.4. The van der Waals surface area contributed by atoms with Gasteiger partial charge in [-0.1, -0.05) is 60.9 Å². The summed E-state index contributed by atoms with van der Waals surface area (Å²) < 4.78 is 2.42. The quantitative estimate of drug-likeness (QED) is 0.466. The summed E-state index contributed by atoms with van der Waals surface area (Å²) >= 11 is 9.04. The summed E-state index contributed by atoms with van der Waals surface area (Å²) in [7, 11) is 0. The van der Waals surface area contributed by atoms with E-state index in [1.807, 2.05) is 0 Å². The van der Waals surface area contributed by atoms with Crippen LogP contribution in [0, 0.1) is 0 Å². The van der Waals surface area contributed by atoms with Crippen LogP contribution in [-0.2, 0) is 0 Å². The minimum Gasteiger partial charge on any atom is -0.267 e. The molecule has 2 rings (SSSR count). The van der Waals surface area contributed by atoms with Gasteiger partial charge in [0.2, 0.25) is 4.96 Å². The number of rotatable bonds is 6. The van der Waals surface area contributed by atoms with Gasteiger partial charge in [-0.15, -0.1) is 5.10 Å². The molecule has 0 radical (unpaired) electrons. The van der Waals surface area contributed by atoms with Crippen LogP contribution in [0.1, 0.15) is 32.6 Å². The lowest BCUT2D eigenvalue weighted by Gasteiger charge is -1.96. The third-order valence-electron chi connectivity index (χ3n) is 2.42. The van der Waals surface area contributed by atoms with Crippen LogP contribution in [0.15, 0.2) is 15.2 Å². The highest BCUT2D eigenvalue weighted by Crippen LogP contribution is 2.25. The Morgan fingerprint density at radius 3 is 3.06 bits per heavy atom. The van der Waals surface area contributed by atoms with Gasteiger partial charge < -0.3 is 0 Å². The lowest BCUT2D eigenvalue weighted by molar-refractivity contribution is 0.706. The van der Waals surface area contributed by atoms with E-state index in [-0.39, 0.29) is 5.56 Å².